The Morgan fingerprint density at radius 2 is 1.88 bits per heavy atom. The van der Waals surface area contributed by atoms with Crippen molar-refractivity contribution in [3.05, 3.63) is 47.2 Å². The molecule has 2 aromatic heterocycles. The zero-order valence-electron chi connectivity index (χ0n) is 17.5. The van der Waals surface area contributed by atoms with Gasteiger partial charge in [-0.3, -0.25) is 0 Å². The summed E-state index contributed by atoms with van der Waals surface area (Å²) in [6.45, 7) is 0.740. The highest BCUT2D eigenvalue weighted by Crippen LogP contribution is 2.41. The first-order chi connectivity index (χ1) is 15.5. The highest BCUT2D eigenvalue weighted by atomic mass is 35.5. The lowest BCUT2D eigenvalue weighted by molar-refractivity contribution is -0.147. The molecule has 0 amide bonds. The minimum absolute atomic E-state index is 0.140. The second kappa shape index (κ2) is 8.63. The van der Waals surface area contributed by atoms with Crippen molar-refractivity contribution in [2.75, 3.05) is 0 Å². The van der Waals surface area contributed by atoms with Crippen molar-refractivity contribution in [3.63, 3.8) is 0 Å². The fraction of sp³-hybridized carbons (Fsp3) is 0.364. The van der Waals surface area contributed by atoms with Crippen LogP contribution in [-0.4, -0.2) is 30.2 Å². The molecular weight excluding hydrogens is 477 g/mol. The molecule has 1 atom stereocenters. The molecule has 1 fully saturated rings. The summed E-state index contributed by atoms with van der Waals surface area (Å²) in [5.41, 5.74) is 2.35. The Kier molecular flexibility index (Phi) is 6.16. The van der Waals surface area contributed by atoms with Crippen LogP contribution in [0.25, 0.3) is 22.2 Å². The molecule has 4 rings (SSSR count). The Labute approximate surface area is 194 Å². The third kappa shape index (κ3) is 4.45. The van der Waals surface area contributed by atoms with Crippen LogP contribution in [0.5, 0.6) is 0 Å². The van der Waals surface area contributed by atoms with E-state index in [-0.39, 0.29) is 10.9 Å². The predicted molar refractivity (Wildman–Crippen MR) is 118 cm³/mol. The molecule has 0 saturated heterocycles. The number of hydrogen-bond acceptors (Lipinski definition) is 4. The second-order valence-corrected chi connectivity index (χ2v) is 10.2. The Balaban J connectivity index is 1.81. The summed E-state index contributed by atoms with van der Waals surface area (Å²) in [5, 5.41) is 10.9. The van der Waals surface area contributed by atoms with Crippen molar-refractivity contribution < 1.29 is 21.6 Å². The van der Waals surface area contributed by atoms with Crippen molar-refractivity contribution in [2.24, 2.45) is 0 Å². The number of pyridine rings is 1. The second-order valence-electron chi connectivity index (χ2n) is 8.08. The van der Waals surface area contributed by atoms with Crippen molar-refractivity contribution in [1.82, 2.24) is 14.3 Å². The van der Waals surface area contributed by atoms with E-state index in [0.717, 1.165) is 38.1 Å². The van der Waals surface area contributed by atoms with E-state index >= 15 is 0 Å². The van der Waals surface area contributed by atoms with Gasteiger partial charge >= 0.3 is 6.18 Å². The third-order valence-electron chi connectivity index (χ3n) is 5.92. The first-order valence-corrected chi connectivity index (χ1v) is 12.2. The van der Waals surface area contributed by atoms with E-state index < -0.39 is 22.2 Å². The Bertz CT molecular complexity index is 1340. The maximum absolute atomic E-state index is 12.8. The van der Waals surface area contributed by atoms with Crippen LogP contribution in [0.1, 0.15) is 44.2 Å². The van der Waals surface area contributed by atoms with Crippen molar-refractivity contribution in [1.29, 1.82) is 5.26 Å². The van der Waals surface area contributed by atoms with Gasteiger partial charge in [0.05, 0.1) is 21.7 Å². The van der Waals surface area contributed by atoms with Crippen LogP contribution >= 0.6 is 11.6 Å². The summed E-state index contributed by atoms with van der Waals surface area (Å²) in [6.07, 6.45) is 0.786. The number of fused-ring (bicyclic) bond motifs is 1. The van der Waals surface area contributed by atoms with Crippen LogP contribution in [0.4, 0.5) is 13.2 Å². The number of benzene rings is 1. The maximum atomic E-state index is 12.8. The van der Waals surface area contributed by atoms with Crippen LogP contribution in [0.3, 0.4) is 0 Å². The monoisotopic (exact) mass is 496 g/mol. The molecule has 1 aromatic carbocycles. The molecule has 0 radical (unpaired) electrons. The smallest absolute Gasteiger partial charge is 0.336 e. The molecule has 1 aliphatic carbocycles. The zero-order valence-corrected chi connectivity index (χ0v) is 19.1. The van der Waals surface area contributed by atoms with E-state index in [2.05, 4.69) is 15.6 Å². The molecule has 1 saturated carbocycles. The number of aromatic nitrogens is 2. The number of halogens is 4. The molecule has 3 aromatic rings. The van der Waals surface area contributed by atoms with Gasteiger partial charge in [-0.2, -0.15) is 23.2 Å². The first-order valence-electron chi connectivity index (χ1n) is 10.3. The fourth-order valence-electron chi connectivity index (χ4n) is 4.28. The summed E-state index contributed by atoms with van der Waals surface area (Å²) in [6, 6.07) is 7.33. The molecular formula is C22H20ClF3N4O2S. The number of hydrogen-bond donors (Lipinski definition) is 1. The number of nitrogens with one attached hydrogen (secondary N) is 1. The standard InChI is InChI=1S/C22H20ClF3N4O2S/c1-13(22(24,25)26)29-33(31,32)16-8-6-14(7-9-16)21-17(11-27)18-12-28-20(23)10-19(18)30(21)15-4-2-3-5-15/h6-10,12-13,15,29H,2-5H2,1H3/t13-/m0/s1. The Hall–Kier alpha value is -2.61. The van der Waals surface area contributed by atoms with Gasteiger partial charge in [0.1, 0.15) is 17.3 Å². The van der Waals surface area contributed by atoms with E-state index in [0.29, 0.717) is 27.4 Å². The highest BCUT2D eigenvalue weighted by Gasteiger charge is 2.39. The zero-order chi connectivity index (χ0) is 24.0. The molecule has 0 unspecified atom stereocenters. The SMILES string of the molecule is C[C@H](NS(=O)(=O)c1ccc(-c2c(C#N)c3cnc(Cl)cc3n2C2CCCC2)cc1)C(F)(F)F. The summed E-state index contributed by atoms with van der Waals surface area (Å²) in [7, 11) is -4.38. The van der Waals surface area contributed by atoms with Gasteiger partial charge in [0.15, 0.2) is 0 Å². The number of alkyl halides is 3. The van der Waals surface area contributed by atoms with E-state index in [1.165, 1.54) is 24.3 Å². The number of rotatable bonds is 5. The predicted octanol–water partition coefficient (Wildman–Crippen LogP) is 5.57. The van der Waals surface area contributed by atoms with Crippen LogP contribution in [-0.2, 0) is 10.0 Å². The van der Waals surface area contributed by atoms with Crippen LogP contribution in [0.15, 0.2) is 41.4 Å². The normalized spacial score (nSPS) is 16.2. The van der Waals surface area contributed by atoms with Gasteiger partial charge in [-0.1, -0.05) is 36.6 Å². The van der Waals surface area contributed by atoms with E-state index in [1.54, 1.807) is 17.0 Å². The molecule has 174 valence electrons. The molecule has 0 spiro atoms. The molecule has 0 aliphatic heterocycles. The van der Waals surface area contributed by atoms with Gasteiger partial charge in [0, 0.05) is 17.6 Å². The van der Waals surface area contributed by atoms with E-state index in [1.807, 2.05) is 0 Å². The Morgan fingerprint density at radius 1 is 1.24 bits per heavy atom. The van der Waals surface area contributed by atoms with Crippen molar-refractivity contribution in [2.45, 2.75) is 55.8 Å². The Morgan fingerprint density at radius 3 is 2.45 bits per heavy atom. The molecule has 1 N–H and O–H groups in total. The van der Waals surface area contributed by atoms with Crippen LogP contribution in [0, 0.1) is 11.3 Å². The largest absolute Gasteiger partial charge is 0.404 e. The first kappa shape index (κ1) is 23.5. The van der Waals surface area contributed by atoms with Gasteiger partial charge in [-0.15, -0.1) is 0 Å². The lowest BCUT2D eigenvalue weighted by Gasteiger charge is -2.19. The molecule has 6 nitrogen and oxygen atoms in total. The summed E-state index contributed by atoms with van der Waals surface area (Å²) in [5.74, 6) is 0. The van der Waals surface area contributed by atoms with Gasteiger partial charge in [0.25, 0.3) is 0 Å². The molecule has 33 heavy (non-hydrogen) atoms. The summed E-state index contributed by atoms with van der Waals surface area (Å²) < 4.78 is 67.0. The van der Waals surface area contributed by atoms with Gasteiger partial charge < -0.3 is 4.57 Å². The number of nitriles is 1. The third-order valence-corrected chi connectivity index (χ3v) is 7.68. The molecule has 11 heteroatoms. The minimum Gasteiger partial charge on any atom is -0.336 e. The topological polar surface area (TPSA) is 87.8 Å². The number of nitrogens with zero attached hydrogens (tertiary/aromatic N) is 3. The summed E-state index contributed by atoms with van der Waals surface area (Å²) in [4.78, 5) is 3.81. The van der Waals surface area contributed by atoms with Crippen LogP contribution < -0.4 is 4.72 Å². The molecule has 1 aliphatic rings. The number of sulfonamides is 1. The van der Waals surface area contributed by atoms with Crippen molar-refractivity contribution in [3.8, 4) is 17.3 Å². The highest BCUT2D eigenvalue weighted by molar-refractivity contribution is 7.89. The van der Waals surface area contributed by atoms with E-state index in [4.69, 9.17) is 11.6 Å². The lowest BCUT2D eigenvalue weighted by Crippen LogP contribution is -2.42. The maximum Gasteiger partial charge on any atom is 0.404 e. The van der Waals surface area contributed by atoms with Gasteiger partial charge in [0.2, 0.25) is 10.0 Å². The quantitative estimate of drug-likeness (QED) is 0.467. The van der Waals surface area contributed by atoms with Crippen LogP contribution in [0.2, 0.25) is 5.15 Å². The summed E-state index contributed by atoms with van der Waals surface area (Å²) >= 11 is 6.13. The molecule has 2 heterocycles. The van der Waals surface area contributed by atoms with E-state index in [9.17, 15) is 26.9 Å². The van der Waals surface area contributed by atoms with Crippen molar-refractivity contribution >= 4 is 32.5 Å². The average molecular weight is 497 g/mol. The fourth-order valence-corrected chi connectivity index (χ4v) is 5.66. The minimum atomic E-state index is -4.70. The van der Waals surface area contributed by atoms with Gasteiger partial charge in [-0.25, -0.2) is 13.4 Å². The van der Waals surface area contributed by atoms with Gasteiger partial charge in [-0.05, 0) is 43.5 Å². The molecule has 0 bridgehead atoms. The lowest BCUT2D eigenvalue weighted by atomic mass is 10.1. The average Bonchev–Trinajstić information content (AvgIpc) is 3.38.